The number of hydrogen-bond acceptors (Lipinski definition) is 2. The van der Waals surface area contributed by atoms with E-state index in [1.54, 1.807) is 0 Å². The third kappa shape index (κ3) is 2.16. The highest BCUT2D eigenvalue weighted by Gasteiger charge is 2.29. The number of hydrogen-bond donors (Lipinski definition) is 0. The average molecular weight is 257 g/mol. The first-order chi connectivity index (χ1) is 9.18. The molecule has 3 nitrogen and oxygen atoms in total. The number of rotatable bonds is 2. The summed E-state index contributed by atoms with van der Waals surface area (Å²) in [5.41, 5.74) is 2.49. The number of aryl methyl sites for hydroxylation is 1. The third-order valence-electron chi connectivity index (χ3n) is 4.28. The van der Waals surface area contributed by atoms with Crippen molar-refractivity contribution in [3.63, 3.8) is 0 Å². The van der Waals surface area contributed by atoms with Gasteiger partial charge < -0.3 is 0 Å². The Balaban J connectivity index is 2.07. The van der Waals surface area contributed by atoms with Crippen LogP contribution >= 0.6 is 0 Å². The highest BCUT2D eigenvalue weighted by atomic mass is 15.2. The minimum Gasteiger partial charge on any atom is -0.300 e. The minimum absolute atomic E-state index is 0.470. The molecule has 102 valence electrons. The molecule has 0 N–H and O–H groups in total. The fraction of sp³-hybridized carbons (Fsp3) is 0.562. The maximum absolute atomic E-state index is 4.73. The Morgan fingerprint density at radius 1 is 1.26 bits per heavy atom. The summed E-state index contributed by atoms with van der Waals surface area (Å²) >= 11 is 0. The van der Waals surface area contributed by atoms with Gasteiger partial charge in [-0.25, -0.2) is 4.98 Å². The minimum atomic E-state index is 0.470. The molecular formula is C16H23N3. The smallest absolute Gasteiger partial charge is 0.130 e. The van der Waals surface area contributed by atoms with Gasteiger partial charge in [-0.2, -0.15) is 0 Å². The topological polar surface area (TPSA) is 20.5 Å². The Labute approximate surface area is 115 Å². The number of likely N-dealkylation sites (tertiary alicyclic amines) is 1. The van der Waals surface area contributed by atoms with E-state index in [0.29, 0.717) is 12.1 Å². The molecular weight excluding hydrogens is 234 g/mol. The Bertz CT molecular complexity index is 570. The summed E-state index contributed by atoms with van der Waals surface area (Å²) < 4.78 is 2.32. The van der Waals surface area contributed by atoms with Gasteiger partial charge in [0.15, 0.2) is 0 Å². The van der Waals surface area contributed by atoms with Crippen molar-refractivity contribution in [2.24, 2.45) is 0 Å². The third-order valence-corrected chi connectivity index (χ3v) is 4.28. The molecule has 1 aliphatic rings. The first kappa shape index (κ1) is 12.7. The van der Waals surface area contributed by atoms with Gasteiger partial charge in [-0.05, 0) is 52.3 Å². The van der Waals surface area contributed by atoms with E-state index in [4.69, 9.17) is 4.98 Å². The quantitative estimate of drug-likeness (QED) is 0.819. The van der Waals surface area contributed by atoms with Crippen LogP contribution < -0.4 is 0 Å². The van der Waals surface area contributed by atoms with Crippen LogP contribution in [0.4, 0.5) is 0 Å². The van der Waals surface area contributed by atoms with E-state index in [2.05, 4.69) is 48.3 Å². The van der Waals surface area contributed by atoms with Gasteiger partial charge in [-0.15, -0.1) is 0 Å². The van der Waals surface area contributed by atoms with Crippen molar-refractivity contribution in [3.05, 3.63) is 35.9 Å². The maximum Gasteiger partial charge on any atom is 0.130 e. The summed E-state index contributed by atoms with van der Waals surface area (Å²) in [6.45, 7) is 7.95. The Kier molecular flexibility index (Phi) is 3.31. The van der Waals surface area contributed by atoms with E-state index < -0.39 is 0 Å². The molecule has 0 aliphatic carbocycles. The van der Waals surface area contributed by atoms with Crippen molar-refractivity contribution < 1.29 is 0 Å². The highest BCUT2D eigenvalue weighted by molar-refractivity contribution is 5.47. The number of fused-ring (bicyclic) bond motifs is 1. The van der Waals surface area contributed by atoms with Crippen molar-refractivity contribution in [1.29, 1.82) is 0 Å². The van der Waals surface area contributed by atoms with E-state index in [1.807, 2.05) is 6.20 Å². The van der Waals surface area contributed by atoms with E-state index >= 15 is 0 Å². The molecule has 2 aromatic rings. The van der Waals surface area contributed by atoms with Gasteiger partial charge in [-0.1, -0.05) is 12.5 Å². The average Bonchev–Trinajstić information content (AvgIpc) is 2.84. The summed E-state index contributed by atoms with van der Waals surface area (Å²) in [6.07, 6.45) is 5.87. The van der Waals surface area contributed by atoms with Crippen LogP contribution in [-0.2, 0) is 0 Å². The predicted octanol–water partition coefficient (Wildman–Crippen LogP) is 3.58. The normalized spacial score (nSPS) is 21.4. The van der Waals surface area contributed by atoms with Crippen LogP contribution in [0.25, 0.3) is 5.52 Å². The SMILES string of the molecule is Cc1cccc2cnc(C3CCCCN3C(C)C)n12. The summed E-state index contributed by atoms with van der Waals surface area (Å²) in [7, 11) is 0. The Hall–Kier alpha value is -1.35. The van der Waals surface area contributed by atoms with Crippen LogP contribution in [-0.4, -0.2) is 26.9 Å². The second kappa shape index (κ2) is 4.97. The lowest BCUT2D eigenvalue weighted by atomic mass is 9.99. The molecule has 1 fully saturated rings. The summed E-state index contributed by atoms with van der Waals surface area (Å²) in [5.74, 6) is 1.22. The molecule has 1 aliphatic heterocycles. The fourth-order valence-electron chi connectivity index (χ4n) is 3.33. The molecule has 0 aromatic carbocycles. The maximum atomic E-state index is 4.73. The standard InChI is InChI=1S/C16H23N3/c1-12(2)18-10-5-4-9-15(18)16-17-11-14-8-6-7-13(3)19(14)16/h6-8,11-12,15H,4-5,9-10H2,1-3H3. The lowest BCUT2D eigenvalue weighted by Gasteiger charge is -2.38. The zero-order valence-electron chi connectivity index (χ0n) is 12.1. The lowest BCUT2D eigenvalue weighted by Crippen LogP contribution is -2.39. The van der Waals surface area contributed by atoms with Crippen LogP contribution in [0.1, 0.15) is 50.7 Å². The Morgan fingerprint density at radius 2 is 2.11 bits per heavy atom. The van der Waals surface area contributed by atoms with Gasteiger partial charge in [-0.3, -0.25) is 9.30 Å². The molecule has 2 aromatic heterocycles. The molecule has 1 atom stereocenters. The zero-order valence-corrected chi connectivity index (χ0v) is 12.1. The zero-order chi connectivity index (χ0) is 13.4. The number of pyridine rings is 1. The van der Waals surface area contributed by atoms with Gasteiger partial charge >= 0.3 is 0 Å². The molecule has 1 saturated heterocycles. The van der Waals surface area contributed by atoms with Crippen LogP contribution in [0.15, 0.2) is 24.4 Å². The van der Waals surface area contributed by atoms with Gasteiger partial charge in [0.05, 0.1) is 17.8 Å². The molecule has 0 bridgehead atoms. The summed E-state index contributed by atoms with van der Waals surface area (Å²) in [5, 5.41) is 0. The molecule has 0 spiro atoms. The van der Waals surface area contributed by atoms with E-state index in [9.17, 15) is 0 Å². The largest absolute Gasteiger partial charge is 0.300 e. The molecule has 1 unspecified atom stereocenters. The van der Waals surface area contributed by atoms with Crippen molar-refractivity contribution in [2.75, 3.05) is 6.54 Å². The van der Waals surface area contributed by atoms with E-state index in [1.165, 1.54) is 42.8 Å². The van der Waals surface area contributed by atoms with Crippen LogP contribution in [0.3, 0.4) is 0 Å². The highest BCUT2D eigenvalue weighted by Crippen LogP contribution is 2.32. The van der Waals surface area contributed by atoms with Gasteiger partial charge in [0.2, 0.25) is 0 Å². The van der Waals surface area contributed by atoms with Gasteiger partial charge in [0.1, 0.15) is 5.82 Å². The van der Waals surface area contributed by atoms with E-state index in [0.717, 1.165) is 0 Å². The van der Waals surface area contributed by atoms with Crippen LogP contribution in [0.5, 0.6) is 0 Å². The molecule has 19 heavy (non-hydrogen) atoms. The van der Waals surface area contributed by atoms with Crippen molar-refractivity contribution in [1.82, 2.24) is 14.3 Å². The van der Waals surface area contributed by atoms with E-state index in [-0.39, 0.29) is 0 Å². The van der Waals surface area contributed by atoms with Crippen LogP contribution in [0.2, 0.25) is 0 Å². The molecule has 0 saturated carbocycles. The Morgan fingerprint density at radius 3 is 2.89 bits per heavy atom. The van der Waals surface area contributed by atoms with Crippen molar-refractivity contribution in [3.8, 4) is 0 Å². The molecule has 0 amide bonds. The second-order valence-electron chi connectivity index (χ2n) is 5.89. The molecule has 3 heteroatoms. The number of nitrogens with zero attached hydrogens (tertiary/aromatic N) is 3. The molecule has 3 rings (SSSR count). The predicted molar refractivity (Wildman–Crippen MR) is 78.4 cm³/mol. The van der Waals surface area contributed by atoms with Gasteiger partial charge in [0.25, 0.3) is 0 Å². The first-order valence-corrected chi connectivity index (χ1v) is 7.37. The van der Waals surface area contributed by atoms with Crippen molar-refractivity contribution >= 4 is 5.52 Å². The number of aromatic nitrogens is 2. The fourth-order valence-corrected chi connectivity index (χ4v) is 3.33. The lowest BCUT2D eigenvalue weighted by molar-refractivity contribution is 0.106. The number of piperidine rings is 1. The number of imidazole rings is 1. The van der Waals surface area contributed by atoms with Crippen molar-refractivity contribution in [2.45, 2.75) is 52.1 Å². The van der Waals surface area contributed by atoms with Gasteiger partial charge in [0, 0.05) is 11.7 Å². The van der Waals surface area contributed by atoms with Crippen LogP contribution in [0, 0.1) is 6.92 Å². The summed E-state index contributed by atoms with van der Waals surface area (Å²) in [4.78, 5) is 7.34. The molecule has 0 radical (unpaired) electrons. The summed E-state index contributed by atoms with van der Waals surface area (Å²) in [6, 6.07) is 7.48. The second-order valence-corrected chi connectivity index (χ2v) is 5.89. The monoisotopic (exact) mass is 257 g/mol. The first-order valence-electron chi connectivity index (χ1n) is 7.37. The molecule has 3 heterocycles.